The van der Waals surface area contributed by atoms with Crippen molar-refractivity contribution >= 4 is 10.0 Å². The van der Waals surface area contributed by atoms with Gasteiger partial charge in [-0.3, -0.25) is 0 Å². The Kier molecular flexibility index (Phi) is 5.24. The van der Waals surface area contributed by atoms with Crippen LogP contribution in [0, 0.1) is 5.92 Å². The van der Waals surface area contributed by atoms with Gasteiger partial charge in [-0.25, -0.2) is 13.1 Å². The summed E-state index contributed by atoms with van der Waals surface area (Å²) in [6, 6.07) is 8.08. The van der Waals surface area contributed by atoms with Crippen LogP contribution in [0.4, 0.5) is 0 Å². The van der Waals surface area contributed by atoms with E-state index in [2.05, 4.69) is 16.9 Å². The SMILES string of the molecule is CCS(=O)(=O)N[C@H]1COCC[C@@H]1COc1ccc(C2CC2)cc1. The van der Waals surface area contributed by atoms with Crippen LogP contribution in [0.2, 0.25) is 0 Å². The fourth-order valence-corrected chi connectivity index (χ4v) is 3.77. The lowest BCUT2D eigenvalue weighted by Gasteiger charge is -2.31. The minimum atomic E-state index is -3.23. The van der Waals surface area contributed by atoms with Gasteiger partial charge in [-0.1, -0.05) is 12.1 Å². The molecule has 2 atom stereocenters. The van der Waals surface area contributed by atoms with Gasteiger partial charge in [0.05, 0.1) is 25.0 Å². The molecule has 128 valence electrons. The highest BCUT2D eigenvalue weighted by Gasteiger charge is 2.29. The highest BCUT2D eigenvalue weighted by Crippen LogP contribution is 2.40. The Labute approximate surface area is 138 Å². The van der Waals surface area contributed by atoms with Gasteiger partial charge in [-0.2, -0.15) is 0 Å². The van der Waals surface area contributed by atoms with E-state index in [1.165, 1.54) is 18.4 Å². The van der Waals surface area contributed by atoms with Crippen LogP contribution in [0.1, 0.15) is 37.7 Å². The zero-order chi connectivity index (χ0) is 16.3. The van der Waals surface area contributed by atoms with Gasteiger partial charge in [0.1, 0.15) is 5.75 Å². The number of sulfonamides is 1. The van der Waals surface area contributed by atoms with E-state index in [4.69, 9.17) is 9.47 Å². The number of rotatable bonds is 7. The van der Waals surface area contributed by atoms with Crippen LogP contribution in [0.5, 0.6) is 5.75 Å². The number of benzene rings is 1. The van der Waals surface area contributed by atoms with Gasteiger partial charge in [0.2, 0.25) is 10.0 Å². The summed E-state index contributed by atoms with van der Waals surface area (Å²) in [7, 11) is -3.23. The van der Waals surface area contributed by atoms with Gasteiger partial charge in [-0.05, 0) is 49.8 Å². The topological polar surface area (TPSA) is 64.6 Å². The second-order valence-corrected chi connectivity index (χ2v) is 8.45. The van der Waals surface area contributed by atoms with E-state index in [1.807, 2.05) is 12.1 Å². The van der Waals surface area contributed by atoms with Crippen molar-refractivity contribution in [3.63, 3.8) is 0 Å². The predicted octanol–water partition coefficient (Wildman–Crippen LogP) is 2.29. The largest absolute Gasteiger partial charge is 0.493 e. The summed E-state index contributed by atoms with van der Waals surface area (Å²) < 4.78 is 37.6. The maximum Gasteiger partial charge on any atom is 0.211 e. The van der Waals surface area contributed by atoms with Crippen LogP contribution in [-0.2, 0) is 14.8 Å². The van der Waals surface area contributed by atoms with Crippen molar-refractivity contribution in [1.29, 1.82) is 0 Å². The summed E-state index contributed by atoms with van der Waals surface area (Å²) >= 11 is 0. The molecule has 0 unspecified atom stereocenters. The molecule has 2 aliphatic rings. The molecule has 1 saturated carbocycles. The van der Waals surface area contributed by atoms with Gasteiger partial charge < -0.3 is 9.47 Å². The second kappa shape index (κ2) is 7.20. The van der Waals surface area contributed by atoms with E-state index >= 15 is 0 Å². The minimum absolute atomic E-state index is 0.0830. The molecule has 6 heteroatoms. The highest BCUT2D eigenvalue weighted by molar-refractivity contribution is 7.89. The zero-order valence-electron chi connectivity index (χ0n) is 13.5. The first-order chi connectivity index (χ1) is 11.1. The molecule has 0 aromatic heterocycles. The normalized spacial score (nSPS) is 25.3. The molecule has 0 bridgehead atoms. The monoisotopic (exact) mass is 339 g/mol. The fraction of sp³-hybridized carbons (Fsp3) is 0.647. The van der Waals surface area contributed by atoms with E-state index in [0.717, 1.165) is 18.1 Å². The van der Waals surface area contributed by atoms with Crippen LogP contribution in [0.25, 0.3) is 0 Å². The highest BCUT2D eigenvalue weighted by atomic mass is 32.2. The van der Waals surface area contributed by atoms with Crippen molar-refractivity contribution in [2.24, 2.45) is 5.92 Å². The molecule has 1 aliphatic heterocycles. The Morgan fingerprint density at radius 2 is 1.96 bits per heavy atom. The molecule has 5 nitrogen and oxygen atoms in total. The molecule has 3 rings (SSSR count). The standard InChI is InChI=1S/C17H25NO4S/c1-2-23(19,20)18-17-12-21-10-9-15(17)11-22-16-7-5-14(6-8-16)13-3-4-13/h5-8,13,15,17-18H,2-4,9-12H2,1H3/t15-,17+/m1/s1. The molecule has 1 N–H and O–H groups in total. The molecule has 1 aliphatic carbocycles. The molecule has 0 spiro atoms. The van der Waals surface area contributed by atoms with E-state index in [9.17, 15) is 8.42 Å². The maximum atomic E-state index is 11.8. The van der Waals surface area contributed by atoms with Crippen LogP contribution in [0.3, 0.4) is 0 Å². The number of hydrogen-bond donors (Lipinski definition) is 1. The zero-order valence-corrected chi connectivity index (χ0v) is 14.3. The summed E-state index contributed by atoms with van der Waals surface area (Å²) in [5.41, 5.74) is 1.39. The van der Waals surface area contributed by atoms with E-state index < -0.39 is 10.0 Å². The third kappa shape index (κ3) is 4.68. The fourth-order valence-electron chi connectivity index (χ4n) is 2.88. The molecular weight excluding hydrogens is 314 g/mol. The lowest BCUT2D eigenvalue weighted by molar-refractivity contribution is 0.0274. The maximum absolute atomic E-state index is 11.8. The third-order valence-electron chi connectivity index (χ3n) is 4.60. The minimum Gasteiger partial charge on any atom is -0.493 e. The Balaban J connectivity index is 1.56. The van der Waals surface area contributed by atoms with Crippen molar-refractivity contribution in [2.75, 3.05) is 25.6 Å². The Bertz CT molecular complexity index is 610. The van der Waals surface area contributed by atoms with Crippen LogP contribution < -0.4 is 9.46 Å². The first kappa shape index (κ1) is 16.7. The van der Waals surface area contributed by atoms with Crippen molar-refractivity contribution in [3.8, 4) is 5.75 Å². The molecule has 1 heterocycles. The van der Waals surface area contributed by atoms with Crippen molar-refractivity contribution in [1.82, 2.24) is 4.72 Å². The summed E-state index contributed by atoms with van der Waals surface area (Å²) in [5, 5.41) is 0. The first-order valence-corrected chi connectivity index (χ1v) is 10.0. The van der Waals surface area contributed by atoms with Gasteiger partial charge in [-0.15, -0.1) is 0 Å². The first-order valence-electron chi connectivity index (χ1n) is 8.38. The van der Waals surface area contributed by atoms with Gasteiger partial charge >= 0.3 is 0 Å². The van der Waals surface area contributed by atoms with Crippen molar-refractivity contribution in [2.45, 2.75) is 38.1 Å². The molecular formula is C17H25NO4S. The van der Waals surface area contributed by atoms with E-state index in [0.29, 0.717) is 19.8 Å². The third-order valence-corrected chi connectivity index (χ3v) is 6.03. The summed E-state index contributed by atoms with van der Waals surface area (Å²) in [4.78, 5) is 0. The van der Waals surface area contributed by atoms with Gasteiger partial charge in [0.15, 0.2) is 0 Å². The quantitative estimate of drug-likeness (QED) is 0.828. The van der Waals surface area contributed by atoms with E-state index in [1.54, 1.807) is 6.92 Å². The number of ether oxygens (including phenoxy) is 2. The lowest BCUT2D eigenvalue weighted by atomic mass is 9.97. The van der Waals surface area contributed by atoms with Crippen molar-refractivity contribution < 1.29 is 17.9 Å². The number of hydrogen-bond acceptors (Lipinski definition) is 4. The summed E-state index contributed by atoms with van der Waals surface area (Å²) in [6.07, 6.45) is 3.39. The molecule has 0 radical (unpaired) electrons. The molecule has 1 aromatic rings. The Morgan fingerprint density at radius 3 is 2.61 bits per heavy atom. The lowest BCUT2D eigenvalue weighted by Crippen LogP contribution is -2.48. The second-order valence-electron chi connectivity index (χ2n) is 6.41. The predicted molar refractivity (Wildman–Crippen MR) is 89.2 cm³/mol. The van der Waals surface area contributed by atoms with Crippen LogP contribution >= 0.6 is 0 Å². The number of nitrogens with one attached hydrogen (secondary N) is 1. The molecule has 0 amide bonds. The van der Waals surface area contributed by atoms with E-state index in [-0.39, 0.29) is 17.7 Å². The molecule has 1 saturated heterocycles. The smallest absolute Gasteiger partial charge is 0.211 e. The van der Waals surface area contributed by atoms with Gasteiger partial charge in [0, 0.05) is 12.5 Å². The van der Waals surface area contributed by atoms with Crippen molar-refractivity contribution in [3.05, 3.63) is 29.8 Å². The molecule has 1 aromatic carbocycles. The van der Waals surface area contributed by atoms with Gasteiger partial charge in [0.25, 0.3) is 0 Å². The van der Waals surface area contributed by atoms with Crippen LogP contribution in [-0.4, -0.2) is 40.0 Å². The van der Waals surface area contributed by atoms with Crippen LogP contribution in [0.15, 0.2) is 24.3 Å². The summed E-state index contributed by atoms with van der Waals surface area (Å²) in [6.45, 7) is 3.20. The average molecular weight is 339 g/mol. The molecule has 23 heavy (non-hydrogen) atoms. The average Bonchev–Trinajstić information content (AvgIpc) is 3.39. The summed E-state index contributed by atoms with van der Waals surface area (Å²) in [5.74, 6) is 1.80. The Morgan fingerprint density at radius 1 is 1.22 bits per heavy atom. The Hall–Kier alpha value is -1.11. The molecule has 2 fully saturated rings.